The van der Waals surface area contributed by atoms with E-state index in [1.54, 1.807) is 0 Å². The Morgan fingerprint density at radius 2 is 1.77 bits per heavy atom. The van der Waals surface area contributed by atoms with E-state index in [2.05, 4.69) is 61.5 Å². The third-order valence-electron chi connectivity index (χ3n) is 4.55. The predicted octanol–water partition coefficient (Wildman–Crippen LogP) is 6.68. The van der Waals surface area contributed by atoms with Crippen LogP contribution in [0.4, 0.5) is 0 Å². The molecule has 4 rings (SSSR count). The molecule has 0 radical (unpaired) electrons. The first-order valence-corrected chi connectivity index (χ1v) is 8.10. The van der Waals surface area contributed by atoms with Crippen LogP contribution in [0.15, 0.2) is 60.7 Å². The lowest BCUT2D eigenvalue weighted by Crippen LogP contribution is -2.03. The maximum Gasteiger partial charge on any atom is 0.0406 e. The van der Waals surface area contributed by atoms with Crippen molar-refractivity contribution in [3.63, 3.8) is 0 Å². The molecule has 0 N–H and O–H groups in total. The molecule has 0 fully saturated rings. The molecule has 3 aromatic rings. The highest BCUT2D eigenvalue weighted by Crippen LogP contribution is 2.41. The Balaban J connectivity index is 2.08. The monoisotopic (exact) mass is 304 g/mol. The number of halogens is 1. The highest BCUT2D eigenvalue weighted by atomic mass is 35.5. The highest BCUT2D eigenvalue weighted by molar-refractivity contribution is 6.30. The molecule has 0 saturated carbocycles. The summed E-state index contributed by atoms with van der Waals surface area (Å²) in [6.45, 7) is 2.32. The van der Waals surface area contributed by atoms with Gasteiger partial charge in [-0.2, -0.15) is 0 Å². The third-order valence-corrected chi connectivity index (χ3v) is 4.81. The lowest BCUT2D eigenvalue weighted by molar-refractivity contribution is 0.775. The third kappa shape index (κ3) is 2.15. The molecule has 22 heavy (non-hydrogen) atoms. The second kappa shape index (κ2) is 5.30. The van der Waals surface area contributed by atoms with Crippen molar-refractivity contribution in [2.24, 2.45) is 0 Å². The quantitative estimate of drug-likeness (QED) is 0.470. The van der Waals surface area contributed by atoms with E-state index in [0.717, 1.165) is 11.4 Å². The van der Waals surface area contributed by atoms with Crippen LogP contribution in [0.1, 0.15) is 30.4 Å². The molecule has 1 aliphatic carbocycles. The molecule has 0 heterocycles. The van der Waals surface area contributed by atoms with Crippen molar-refractivity contribution in [3.05, 3.63) is 76.8 Å². The van der Waals surface area contributed by atoms with Crippen LogP contribution in [0.5, 0.6) is 0 Å². The van der Waals surface area contributed by atoms with Crippen molar-refractivity contribution in [1.29, 1.82) is 0 Å². The molecular weight excluding hydrogens is 288 g/mol. The van der Waals surface area contributed by atoms with Crippen molar-refractivity contribution in [2.75, 3.05) is 0 Å². The van der Waals surface area contributed by atoms with Gasteiger partial charge in [-0.25, -0.2) is 0 Å². The largest absolute Gasteiger partial charge is 0.0843 e. The number of allylic oxidation sites excluding steroid dienone is 1. The van der Waals surface area contributed by atoms with Crippen molar-refractivity contribution >= 4 is 28.4 Å². The van der Waals surface area contributed by atoms with E-state index in [-0.39, 0.29) is 0 Å². The predicted molar refractivity (Wildman–Crippen MR) is 96.5 cm³/mol. The summed E-state index contributed by atoms with van der Waals surface area (Å²) in [6, 6.07) is 19.2. The van der Waals surface area contributed by atoms with Crippen molar-refractivity contribution in [2.45, 2.75) is 19.3 Å². The molecule has 1 aliphatic rings. The molecule has 0 amide bonds. The van der Waals surface area contributed by atoms with Crippen molar-refractivity contribution in [1.82, 2.24) is 0 Å². The van der Waals surface area contributed by atoms with Gasteiger partial charge in [0.05, 0.1) is 0 Å². The second-order valence-electron chi connectivity index (χ2n) is 6.02. The van der Waals surface area contributed by atoms with E-state index in [1.807, 2.05) is 12.1 Å². The first kappa shape index (κ1) is 13.6. The molecule has 1 atom stereocenters. The van der Waals surface area contributed by atoms with Crippen LogP contribution >= 0.6 is 11.6 Å². The summed E-state index contributed by atoms with van der Waals surface area (Å²) in [6.07, 6.45) is 5.69. The summed E-state index contributed by atoms with van der Waals surface area (Å²) in [5, 5.41) is 3.43. The first-order chi connectivity index (χ1) is 10.7. The molecule has 0 unspecified atom stereocenters. The van der Waals surface area contributed by atoms with E-state index in [1.165, 1.54) is 33.0 Å². The van der Waals surface area contributed by atoms with E-state index >= 15 is 0 Å². The fraction of sp³-hybridized carbons (Fsp3) is 0.143. The Labute approximate surface area is 136 Å². The summed E-state index contributed by atoms with van der Waals surface area (Å²) in [5.74, 6) is 0.537. The van der Waals surface area contributed by atoms with Crippen LogP contribution < -0.4 is 0 Å². The molecule has 0 spiro atoms. The molecule has 0 bridgehead atoms. The zero-order valence-corrected chi connectivity index (χ0v) is 13.3. The number of hydrogen-bond acceptors (Lipinski definition) is 0. The number of fused-ring (bicyclic) bond motifs is 3. The molecule has 0 saturated heterocycles. The minimum atomic E-state index is 0.537. The minimum Gasteiger partial charge on any atom is -0.0843 e. The second-order valence-corrected chi connectivity index (χ2v) is 6.46. The maximum absolute atomic E-state index is 6.06. The lowest BCUT2D eigenvalue weighted by Gasteiger charge is -2.24. The molecule has 1 heteroatoms. The zero-order valence-electron chi connectivity index (χ0n) is 12.5. The highest BCUT2D eigenvalue weighted by Gasteiger charge is 2.20. The molecule has 0 nitrogen and oxygen atoms in total. The van der Waals surface area contributed by atoms with Gasteiger partial charge in [0.25, 0.3) is 0 Å². The van der Waals surface area contributed by atoms with Gasteiger partial charge in [-0.15, -0.1) is 0 Å². The fourth-order valence-corrected chi connectivity index (χ4v) is 3.60. The van der Waals surface area contributed by atoms with E-state index in [0.29, 0.717) is 5.92 Å². The van der Waals surface area contributed by atoms with Crippen LogP contribution in [-0.4, -0.2) is 0 Å². The Morgan fingerprint density at radius 3 is 2.59 bits per heavy atom. The van der Waals surface area contributed by atoms with Crippen molar-refractivity contribution < 1.29 is 0 Å². The minimum absolute atomic E-state index is 0.537. The molecule has 0 aliphatic heterocycles. The average molecular weight is 305 g/mol. The number of hydrogen-bond donors (Lipinski definition) is 0. The van der Waals surface area contributed by atoms with Gasteiger partial charge in [-0.1, -0.05) is 67.1 Å². The van der Waals surface area contributed by atoms with Crippen LogP contribution in [0, 0.1) is 0 Å². The van der Waals surface area contributed by atoms with E-state index in [4.69, 9.17) is 11.6 Å². The van der Waals surface area contributed by atoms with Crippen LogP contribution in [-0.2, 0) is 0 Å². The van der Waals surface area contributed by atoms with E-state index in [9.17, 15) is 0 Å². The summed E-state index contributed by atoms with van der Waals surface area (Å²) >= 11 is 6.06. The SMILES string of the molecule is C[C@H]1CC=Cc2c1c(-c1ccc(Cl)cc1)cc1ccccc21. The van der Waals surface area contributed by atoms with Crippen molar-refractivity contribution in [3.8, 4) is 11.1 Å². The van der Waals surface area contributed by atoms with Gasteiger partial charge in [-0.05, 0) is 63.6 Å². The number of rotatable bonds is 1. The van der Waals surface area contributed by atoms with Gasteiger partial charge < -0.3 is 0 Å². The van der Waals surface area contributed by atoms with Gasteiger partial charge in [0.1, 0.15) is 0 Å². The van der Waals surface area contributed by atoms with Crippen LogP contribution in [0.3, 0.4) is 0 Å². The molecule has 108 valence electrons. The first-order valence-electron chi connectivity index (χ1n) is 7.72. The summed E-state index contributed by atoms with van der Waals surface area (Å²) in [7, 11) is 0. The lowest BCUT2D eigenvalue weighted by atomic mass is 9.80. The summed E-state index contributed by atoms with van der Waals surface area (Å²) in [5.41, 5.74) is 5.42. The fourth-order valence-electron chi connectivity index (χ4n) is 3.48. The Kier molecular flexibility index (Phi) is 3.28. The van der Waals surface area contributed by atoms with E-state index < -0.39 is 0 Å². The van der Waals surface area contributed by atoms with Gasteiger partial charge >= 0.3 is 0 Å². The molecule has 3 aromatic carbocycles. The maximum atomic E-state index is 6.06. The Hall–Kier alpha value is -2.05. The Bertz CT molecular complexity index is 872. The topological polar surface area (TPSA) is 0 Å². The van der Waals surface area contributed by atoms with Gasteiger partial charge in [0, 0.05) is 5.02 Å². The standard InChI is InChI=1S/C21H17Cl/c1-14-5-4-8-19-18-7-3-2-6-16(18)13-20(21(14)19)15-9-11-17(22)12-10-15/h2-4,6-14H,5H2,1H3/t14-/m0/s1. The molecular formula is C21H17Cl. The number of benzene rings is 3. The smallest absolute Gasteiger partial charge is 0.0406 e. The Morgan fingerprint density at radius 1 is 1.00 bits per heavy atom. The average Bonchev–Trinajstić information content (AvgIpc) is 2.55. The van der Waals surface area contributed by atoms with Gasteiger partial charge in [0.15, 0.2) is 0 Å². The summed E-state index contributed by atoms with van der Waals surface area (Å²) < 4.78 is 0. The normalized spacial score (nSPS) is 16.7. The van der Waals surface area contributed by atoms with Crippen LogP contribution in [0.2, 0.25) is 5.02 Å². The van der Waals surface area contributed by atoms with Gasteiger partial charge in [0.2, 0.25) is 0 Å². The van der Waals surface area contributed by atoms with Crippen LogP contribution in [0.25, 0.3) is 28.0 Å². The van der Waals surface area contributed by atoms with Gasteiger partial charge in [-0.3, -0.25) is 0 Å². The summed E-state index contributed by atoms with van der Waals surface area (Å²) in [4.78, 5) is 0. The zero-order chi connectivity index (χ0) is 15.1. The molecule has 0 aromatic heterocycles.